The van der Waals surface area contributed by atoms with Crippen LogP contribution in [0.2, 0.25) is 0 Å². The first-order chi connectivity index (χ1) is 4.66. The first-order valence-electron chi connectivity index (χ1n) is 3.25. The lowest BCUT2D eigenvalue weighted by Gasteiger charge is -2.04. The number of rotatable bonds is 2. The minimum atomic E-state index is -2.88. The van der Waals surface area contributed by atoms with Crippen molar-refractivity contribution in [3.05, 3.63) is 0 Å². The Morgan fingerprint density at radius 3 is 2.90 bits per heavy atom. The minimum absolute atomic E-state index is 0.0510. The van der Waals surface area contributed by atoms with Gasteiger partial charge in [0, 0.05) is 0 Å². The molecule has 0 aliphatic carbocycles. The maximum Gasteiger partial charge on any atom is 0.573 e. The lowest BCUT2D eigenvalue weighted by Crippen LogP contribution is -2.01. The van der Waals surface area contributed by atoms with Crippen LogP contribution in [0.15, 0.2) is 0 Å². The van der Waals surface area contributed by atoms with Crippen LogP contribution < -0.4 is 0 Å². The van der Waals surface area contributed by atoms with E-state index in [0.29, 0.717) is 13.2 Å². The lowest BCUT2D eigenvalue weighted by molar-refractivity contribution is 0.151. The molecule has 4 nitrogen and oxygen atoms in total. The highest BCUT2D eigenvalue weighted by Gasteiger charge is 2.52. The molecule has 0 aromatic heterocycles. The Kier molecular flexibility index (Phi) is 2.61. The highest BCUT2D eigenvalue weighted by atomic mass is 31.2. The average Bonchev–Trinajstić information content (AvgIpc) is 2.12. The molecule has 0 bridgehead atoms. The minimum Gasteiger partial charge on any atom is -0.168 e. The standard InChI is InChI=1S/C5H12O4P/c1-3-7-10(6)8-4-5(2)9-10/h5-6H,3-4H2,1-2H3/q+1. The van der Waals surface area contributed by atoms with E-state index in [9.17, 15) is 4.89 Å². The van der Waals surface area contributed by atoms with Crippen molar-refractivity contribution in [3.63, 3.8) is 0 Å². The van der Waals surface area contributed by atoms with Gasteiger partial charge < -0.3 is 0 Å². The van der Waals surface area contributed by atoms with Crippen LogP contribution in [0.1, 0.15) is 13.8 Å². The second-order valence-corrected chi connectivity index (χ2v) is 3.76. The largest absolute Gasteiger partial charge is 0.573 e. The van der Waals surface area contributed by atoms with Crippen LogP contribution in [0, 0.1) is 0 Å². The second-order valence-electron chi connectivity index (χ2n) is 2.10. The van der Waals surface area contributed by atoms with Gasteiger partial charge in [-0.1, -0.05) is 0 Å². The van der Waals surface area contributed by atoms with Gasteiger partial charge in [-0.25, -0.2) is 0 Å². The van der Waals surface area contributed by atoms with Gasteiger partial charge in [-0.3, -0.25) is 0 Å². The molecule has 0 saturated carbocycles. The monoisotopic (exact) mass is 167 g/mol. The van der Waals surface area contributed by atoms with Crippen LogP contribution in [0.3, 0.4) is 0 Å². The second kappa shape index (κ2) is 3.11. The number of hydrogen-bond donors (Lipinski definition) is 1. The quantitative estimate of drug-likeness (QED) is 0.626. The lowest BCUT2D eigenvalue weighted by atomic mass is 10.5. The van der Waals surface area contributed by atoms with E-state index < -0.39 is 8.17 Å². The van der Waals surface area contributed by atoms with Gasteiger partial charge >= 0.3 is 8.17 Å². The third-order valence-corrected chi connectivity index (χ3v) is 2.76. The molecule has 60 valence electrons. The topological polar surface area (TPSA) is 47.9 Å². The van der Waals surface area contributed by atoms with Crippen LogP contribution in [-0.4, -0.2) is 24.2 Å². The summed E-state index contributed by atoms with van der Waals surface area (Å²) >= 11 is 0. The molecule has 1 rings (SSSR count). The fraction of sp³-hybridized carbons (Fsp3) is 1.00. The third kappa shape index (κ3) is 1.87. The van der Waals surface area contributed by atoms with E-state index >= 15 is 0 Å². The first-order valence-corrected chi connectivity index (χ1v) is 4.75. The molecule has 1 heterocycles. The van der Waals surface area contributed by atoms with Gasteiger partial charge in [0.15, 0.2) is 0 Å². The van der Waals surface area contributed by atoms with Crippen molar-refractivity contribution in [2.45, 2.75) is 20.0 Å². The van der Waals surface area contributed by atoms with E-state index in [0.717, 1.165) is 0 Å². The molecule has 1 aliphatic heterocycles. The highest BCUT2D eigenvalue weighted by Crippen LogP contribution is 2.62. The molecule has 10 heavy (non-hydrogen) atoms. The maximum absolute atomic E-state index is 9.31. The molecule has 1 N–H and O–H groups in total. The summed E-state index contributed by atoms with van der Waals surface area (Å²) in [7, 11) is -2.88. The summed E-state index contributed by atoms with van der Waals surface area (Å²) in [5.41, 5.74) is 0. The van der Waals surface area contributed by atoms with Crippen LogP contribution in [0.4, 0.5) is 0 Å². The molecule has 1 aliphatic rings. The molecular weight excluding hydrogens is 155 g/mol. The average molecular weight is 167 g/mol. The fourth-order valence-electron chi connectivity index (χ4n) is 0.718. The third-order valence-electron chi connectivity index (χ3n) is 1.08. The van der Waals surface area contributed by atoms with Crippen LogP contribution in [-0.2, 0) is 13.6 Å². The number of hydrogen-bond acceptors (Lipinski definition) is 4. The molecule has 0 aromatic rings. The van der Waals surface area contributed by atoms with Crippen LogP contribution in [0.5, 0.6) is 0 Å². The summed E-state index contributed by atoms with van der Waals surface area (Å²) in [6.07, 6.45) is -0.0510. The van der Waals surface area contributed by atoms with E-state index in [1.165, 1.54) is 0 Å². The SMILES string of the molecule is CCO[P+]1(O)OCC(C)O1. The maximum atomic E-state index is 9.31. The summed E-state index contributed by atoms with van der Waals surface area (Å²) in [4.78, 5) is 9.31. The Balaban J connectivity index is 2.38. The summed E-state index contributed by atoms with van der Waals surface area (Å²) in [5.74, 6) is 0. The molecule has 5 heteroatoms. The Labute approximate surface area is 60.8 Å². The molecule has 1 fully saturated rings. The summed E-state index contributed by atoms with van der Waals surface area (Å²) in [6, 6.07) is 0. The summed E-state index contributed by atoms with van der Waals surface area (Å²) < 4.78 is 14.8. The van der Waals surface area contributed by atoms with E-state index in [4.69, 9.17) is 13.6 Å². The van der Waals surface area contributed by atoms with Gasteiger partial charge in [-0.05, 0) is 13.8 Å². The van der Waals surface area contributed by atoms with E-state index in [1.54, 1.807) is 6.92 Å². The molecule has 2 unspecified atom stereocenters. The van der Waals surface area contributed by atoms with Crippen molar-refractivity contribution in [2.24, 2.45) is 0 Å². The van der Waals surface area contributed by atoms with Crippen LogP contribution in [0.25, 0.3) is 0 Å². The van der Waals surface area contributed by atoms with Crippen molar-refractivity contribution in [1.82, 2.24) is 0 Å². The first kappa shape index (κ1) is 8.37. The van der Waals surface area contributed by atoms with Gasteiger partial charge in [0.05, 0.1) is 6.61 Å². The molecule has 0 amide bonds. The normalized spacial score (nSPS) is 40.5. The van der Waals surface area contributed by atoms with Gasteiger partial charge in [0.25, 0.3) is 0 Å². The van der Waals surface area contributed by atoms with Crippen molar-refractivity contribution in [3.8, 4) is 0 Å². The van der Waals surface area contributed by atoms with E-state index in [-0.39, 0.29) is 6.10 Å². The molecular formula is C5H12O4P+. The predicted molar refractivity (Wildman–Crippen MR) is 37.3 cm³/mol. The Bertz CT molecular complexity index is 116. The fourth-order valence-corrected chi connectivity index (χ4v) is 2.15. The summed E-state index contributed by atoms with van der Waals surface area (Å²) in [6.45, 7) is 4.45. The Morgan fingerprint density at radius 1 is 1.80 bits per heavy atom. The highest BCUT2D eigenvalue weighted by molar-refractivity contribution is 7.55. The smallest absolute Gasteiger partial charge is 0.168 e. The van der Waals surface area contributed by atoms with Crippen molar-refractivity contribution < 1.29 is 18.5 Å². The van der Waals surface area contributed by atoms with Gasteiger partial charge in [-0.2, -0.15) is 13.9 Å². The van der Waals surface area contributed by atoms with Gasteiger partial charge in [-0.15, -0.1) is 4.52 Å². The Hall–Kier alpha value is 0.270. The zero-order valence-electron chi connectivity index (χ0n) is 6.11. The summed E-state index contributed by atoms with van der Waals surface area (Å²) in [5, 5.41) is 0. The van der Waals surface area contributed by atoms with E-state index in [2.05, 4.69) is 0 Å². The van der Waals surface area contributed by atoms with Crippen molar-refractivity contribution in [1.29, 1.82) is 0 Å². The van der Waals surface area contributed by atoms with E-state index in [1.807, 2.05) is 6.92 Å². The van der Waals surface area contributed by atoms with Crippen molar-refractivity contribution >= 4 is 8.17 Å². The zero-order chi connectivity index (χ0) is 7.61. The molecule has 1 saturated heterocycles. The van der Waals surface area contributed by atoms with Crippen molar-refractivity contribution in [2.75, 3.05) is 13.2 Å². The molecule has 0 aromatic carbocycles. The van der Waals surface area contributed by atoms with Crippen LogP contribution >= 0.6 is 8.17 Å². The molecule has 0 spiro atoms. The predicted octanol–water partition coefficient (Wildman–Crippen LogP) is 1.13. The zero-order valence-corrected chi connectivity index (χ0v) is 7.01. The Morgan fingerprint density at radius 2 is 2.50 bits per heavy atom. The molecule has 2 atom stereocenters. The molecule has 0 radical (unpaired) electrons. The van der Waals surface area contributed by atoms with Gasteiger partial charge in [0.1, 0.15) is 12.7 Å². The van der Waals surface area contributed by atoms with Gasteiger partial charge in [0.2, 0.25) is 0 Å².